The van der Waals surface area contributed by atoms with Gasteiger partial charge in [0.1, 0.15) is 11.6 Å². The van der Waals surface area contributed by atoms with Crippen LogP contribution in [0.3, 0.4) is 0 Å². The molecule has 0 amide bonds. The number of thiazole rings is 1. The molecular weight excluding hydrogens is 294 g/mol. The van der Waals surface area contributed by atoms with Crippen LogP contribution < -0.4 is 4.74 Å². The molecule has 0 atom stereocenters. The van der Waals surface area contributed by atoms with Gasteiger partial charge < -0.3 is 9.30 Å². The maximum Gasteiger partial charge on any atom is 0.125 e. The van der Waals surface area contributed by atoms with Gasteiger partial charge in [-0.25, -0.2) is 9.97 Å². The molecule has 0 saturated carbocycles. The number of fused-ring (bicyclic) bond motifs is 1. The second-order valence-electron chi connectivity index (χ2n) is 4.46. The zero-order valence-electron chi connectivity index (χ0n) is 11.3. The average molecular weight is 308 g/mol. The normalized spacial score (nSPS) is 11.2. The van der Waals surface area contributed by atoms with Gasteiger partial charge in [0.25, 0.3) is 0 Å². The van der Waals surface area contributed by atoms with E-state index < -0.39 is 0 Å². The number of benzene rings is 1. The largest absolute Gasteiger partial charge is 0.497 e. The molecule has 104 valence electrons. The Hall–Kier alpha value is -1.59. The van der Waals surface area contributed by atoms with Crippen molar-refractivity contribution in [2.75, 3.05) is 7.11 Å². The molecule has 0 aliphatic carbocycles. The Balaban J connectivity index is 2.13. The Labute approximate surface area is 126 Å². The number of hydrogen-bond donors (Lipinski definition) is 0. The maximum atomic E-state index is 6.03. The molecule has 0 saturated heterocycles. The molecule has 0 unspecified atom stereocenters. The molecule has 0 bridgehead atoms. The standard InChI is InChI=1S/C14H14ClN3OS/c1-9-13(20-8-16-9)7-18-12-5-10(19-2)3-4-11(12)17-14(18)6-15/h3-5,8H,6-7H2,1-2H3. The highest BCUT2D eigenvalue weighted by Gasteiger charge is 2.13. The number of aromatic nitrogens is 3. The molecule has 2 heterocycles. The van der Waals surface area contributed by atoms with Crippen LogP contribution in [0.1, 0.15) is 16.4 Å². The van der Waals surface area contributed by atoms with Crippen molar-refractivity contribution in [2.45, 2.75) is 19.3 Å². The lowest BCUT2D eigenvalue weighted by Gasteiger charge is -2.07. The Kier molecular flexibility index (Phi) is 3.63. The summed E-state index contributed by atoms with van der Waals surface area (Å²) in [5.74, 6) is 2.07. The molecule has 0 spiro atoms. The Morgan fingerprint density at radius 2 is 2.25 bits per heavy atom. The van der Waals surface area contributed by atoms with Gasteiger partial charge in [-0.05, 0) is 19.1 Å². The lowest BCUT2D eigenvalue weighted by atomic mass is 10.3. The van der Waals surface area contributed by atoms with Crippen molar-refractivity contribution in [2.24, 2.45) is 0 Å². The molecule has 6 heteroatoms. The number of halogens is 1. The Bertz CT molecular complexity index is 750. The van der Waals surface area contributed by atoms with Crippen molar-refractivity contribution >= 4 is 34.0 Å². The fraction of sp³-hybridized carbons (Fsp3) is 0.286. The van der Waals surface area contributed by atoms with E-state index in [0.29, 0.717) is 5.88 Å². The second kappa shape index (κ2) is 5.42. The smallest absolute Gasteiger partial charge is 0.125 e. The van der Waals surface area contributed by atoms with E-state index in [0.717, 1.165) is 34.8 Å². The van der Waals surface area contributed by atoms with Crippen molar-refractivity contribution in [3.8, 4) is 5.75 Å². The van der Waals surface area contributed by atoms with Gasteiger partial charge in [-0.15, -0.1) is 22.9 Å². The minimum Gasteiger partial charge on any atom is -0.497 e. The number of methoxy groups -OCH3 is 1. The molecule has 4 nitrogen and oxygen atoms in total. The number of hydrogen-bond acceptors (Lipinski definition) is 4. The predicted molar refractivity (Wildman–Crippen MR) is 81.8 cm³/mol. The Morgan fingerprint density at radius 3 is 2.90 bits per heavy atom. The molecule has 2 aromatic heterocycles. The van der Waals surface area contributed by atoms with Crippen molar-refractivity contribution < 1.29 is 4.74 Å². The number of rotatable bonds is 4. The van der Waals surface area contributed by atoms with Crippen molar-refractivity contribution in [1.82, 2.24) is 14.5 Å². The first-order valence-electron chi connectivity index (χ1n) is 6.21. The number of aryl methyl sites for hydroxylation is 1. The molecule has 3 aromatic rings. The van der Waals surface area contributed by atoms with Crippen LogP contribution in [-0.4, -0.2) is 21.6 Å². The highest BCUT2D eigenvalue weighted by atomic mass is 35.5. The predicted octanol–water partition coefficient (Wildman–Crippen LogP) is 3.60. The second-order valence-corrected chi connectivity index (χ2v) is 5.67. The minimum atomic E-state index is 0.384. The fourth-order valence-corrected chi connectivity index (χ4v) is 3.15. The molecule has 0 aliphatic heterocycles. The van der Waals surface area contributed by atoms with Crippen LogP contribution in [0.2, 0.25) is 0 Å². The summed E-state index contributed by atoms with van der Waals surface area (Å²) >= 11 is 7.68. The monoisotopic (exact) mass is 307 g/mol. The molecular formula is C14H14ClN3OS. The van der Waals surface area contributed by atoms with Gasteiger partial charge in [-0.1, -0.05) is 0 Å². The zero-order valence-corrected chi connectivity index (χ0v) is 12.8. The summed E-state index contributed by atoms with van der Waals surface area (Å²) in [5, 5.41) is 0. The van der Waals surface area contributed by atoms with Crippen LogP contribution in [0.25, 0.3) is 11.0 Å². The number of ether oxygens (including phenoxy) is 1. The average Bonchev–Trinajstić information content (AvgIpc) is 3.03. The summed E-state index contributed by atoms with van der Waals surface area (Å²) in [6.45, 7) is 2.76. The summed E-state index contributed by atoms with van der Waals surface area (Å²) in [6, 6.07) is 5.87. The molecule has 0 fully saturated rings. The first-order chi connectivity index (χ1) is 9.72. The van der Waals surface area contributed by atoms with E-state index >= 15 is 0 Å². The van der Waals surface area contributed by atoms with Crippen LogP contribution in [0.4, 0.5) is 0 Å². The highest BCUT2D eigenvalue weighted by molar-refractivity contribution is 7.09. The summed E-state index contributed by atoms with van der Waals surface area (Å²) in [4.78, 5) is 10.1. The van der Waals surface area contributed by atoms with Crippen LogP contribution >= 0.6 is 22.9 Å². The third-order valence-electron chi connectivity index (χ3n) is 3.30. The van der Waals surface area contributed by atoms with Crippen LogP contribution in [-0.2, 0) is 12.4 Å². The van der Waals surface area contributed by atoms with Gasteiger partial charge in [0.05, 0.1) is 41.8 Å². The van der Waals surface area contributed by atoms with E-state index in [-0.39, 0.29) is 0 Å². The van der Waals surface area contributed by atoms with Gasteiger partial charge in [0, 0.05) is 10.9 Å². The fourth-order valence-electron chi connectivity index (χ4n) is 2.18. The third kappa shape index (κ3) is 2.27. The van der Waals surface area contributed by atoms with E-state index in [1.165, 1.54) is 4.88 Å². The van der Waals surface area contributed by atoms with Gasteiger partial charge in [-0.3, -0.25) is 0 Å². The summed E-state index contributed by atoms with van der Waals surface area (Å²) in [5.41, 5.74) is 4.89. The number of alkyl halides is 1. The SMILES string of the molecule is COc1ccc2nc(CCl)n(Cc3scnc3C)c2c1. The summed E-state index contributed by atoms with van der Waals surface area (Å²) < 4.78 is 7.43. The molecule has 3 rings (SSSR count). The number of nitrogens with zero attached hydrogens (tertiary/aromatic N) is 3. The highest BCUT2D eigenvalue weighted by Crippen LogP contribution is 2.25. The van der Waals surface area contributed by atoms with Gasteiger partial charge in [0.15, 0.2) is 0 Å². The number of imidazole rings is 1. The minimum absolute atomic E-state index is 0.384. The quantitative estimate of drug-likeness (QED) is 0.691. The summed E-state index contributed by atoms with van der Waals surface area (Å²) in [6.07, 6.45) is 0. The van der Waals surface area contributed by atoms with Crippen molar-refractivity contribution in [3.63, 3.8) is 0 Å². The zero-order chi connectivity index (χ0) is 14.1. The van der Waals surface area contributed by atoms with E-state index in [1.54, 1.807) is 18.4 Å². The first kappa shape index (κ1) is 13.4. The van der Waals surface area contributed by atoms with Crippen LogP contribution in [0.15, 0.2) is 23.7 Å². The lowest BCUT2D eigenvalue weighted by molar-refractivity contribution is 0.415. The van der Waals surface area contributed by atoms with Crippen molar-refractivity contribution in [1.29, 1.82) is 0 Å². The lowest BCUT2D eigenvalue weighted by Crippen LogP contribution is -2.03. The van der Waals surface area contributed by atoms with E-state index in [9.17, 15) is 0 Å². The molecule has 20 heavy (non-hydrogen) atoms. The maximum absolute atomic E-state index is 6.03. The van der Waals surface area contributed by atoms with Gasteiger partial charge >= 0.3 is 0 Å². The van der Waals surface area contributed by atoms with Crippen molar-refractivity contribution in [3.05, 3.63) is 40.1 Å². The van der Waals surface area contributed by atoms with E-state index in [2.05, 4.69) is 14.5 Å². The van der Waals surface area contributed by atoms with Crippen LogP contribution in [0.5, 0.6) is 5.75 Å². The van der Waals surface area contributed by atoms with Gasteiger partial charge in [-0.2, -0.15) is 0 Å². The molecule has 0 radical (unpaired) electrons. The molecule has 0 aliphatic rings. The molecule has 1 aromatic carbocycles. The first-order valence-corrected chi connectivity index (χ1v) is 7.62. The van der Waals surface area contributed by atoms with Crippen LogP contribution in [0, 0.1) is 6.92 Å². The Morgan fingerprint density at radius 1 is 1.40 bits per heavy atom. The van der Waals surface area contributed by atoms with E-state index in [4.69, 9.17) is 16.3 Å². The third-order valence-corrected chi connectivity index (χ3v) is 4.46. The summed E-state index contributed by atoms with van der Waals surface area (Å²) in [7, 11) is 1.66. The molecule has 0 N–H and O–H groups in total. The topological polar surface area (TPSA) is 39.9 Å². The van der Waals surface area contributed by atoms with Gasteiger partial charge in [0.2, 0.25) is 0 Å². The van der Waals surface area contributed by atoms with E-state index in [1.807, 2.05) is 30.6 Å².